The van der Waals surface area contributed by atoms with Gasteiger partial charge in [-0.1, -0.05) is 5.21 Å². The van der Waals surface area contributed by atoms with Crippen molar-refractivity contribution < 1.29 is 9.77 Å². The van der Waals surface area contributed by atoms with Crippen LogP contribution in [-0.2, 0) is 0 Å². The van der Waals surface area contributed by atoms with Gasteiger partial charge in [0.05, 0.1) is 11.0 Å². The van der Waals surface area contributed by atoms with Crippen LogP contribution in [-0.4, -0.2) is 15.2 Å². The van der Waals surface area contributed by atoms with E-state index < -0.39 is 4.92 Å². The summed E-state index contributed by atoms with van der Waals surface area (Å²) in [6.07, 6.45) is 0. The average Bonchev–Trinajstić information content (AvgIpc) is 2.46. The fraction of sp³-hybridized carbons (Fsp3) is 0.143. The zero-order valence-corrected chi connectivity index (χ0v) is 7.22. The first-order chi connectivity index (χ1) is 6.59. The lowest BCUT2D eigenvalue weighted by molar-refractivity contribution is -0.644. The van der Waals surface area contributed by atoms with E-state index in [1.54, 1.807) is 6.92 Å². The molecule has 1 aromatic carbocycles. The second-order valence-corrected chi connectivity index (χ2v) is 2.89. The summed E-state index contributed by atoms with van der Waals surface area (Å²) in [4.78, 5) is 10.4. The number of aromatic nitrogens is 3. The molecule has 1 heterocycles. The second kappa shape index (κ2) is 2.66. The summed E-state index contributed by atoms with van der Waals surface area (Å²) in [6, 6.07) is 2.71. The number of rotatable bonds is 1. The molecule has 2 rings (SSSR count). The number of nitro benzene ring substituents is 1. The van der Waals surface area contributed by atoms with E-state index in [-0.39, 0.29) is 11.2 Å². The highest BCUT2D eigenvalue weighted by atomic mass is 16.6. The van der Waals surface area contributed by atoms with Crippen LogP contribution in [0.3, 0.4) is 0 Å². The van der Waals surface area contributed by atoms with Gasteiger partial charge >= 0.3 is 0 Å². The van der Waals surface area contributed by atoms with Crippen LogP contribution in [0.1, 0.15) is 5.56 Å². The van der Waals surface area contributed by atoms with Crippen molar-refractivity contribution in [3.05, 3.63) is 33.0 Å². The first-order valence-corrected chi connectivity index (χ1v) is 3.82. The van der Waals surface area contributed by atoms with Crippen molar-refractivity contribution in [2.24, 2.45) is 0 Å². The minimum absolute atomic E-state index is 0.0801. The van der Waals surface area contributed by atoms with E-state index in [0.29, 0.717) is 15.9 Å². The number of benzene rings is 1. The van der Waals surface area contributed by atoms with Crippen LogP contribution in [0.15, 0.2) is 12.1 Å². The van der Waals surface area contributed by atoms with E-state index in [0.717, 1.165) is 0 Å². The molecule has 1 aromatic heterocycles. The Kier molecular flexibility index (Phi) is 1.60. The van der Waals surface area contributed by atoms with Gasteiger partial charge in [-0.15, -0.1) is 0 Å². The summed E-state index contributed by atoms with van der Waals surface area (Å²) in [5, 5.41) is 27.4. The zero-order valence-electron chi connectivity index (χ0n) is 7.22. The molecule has 0 aliphatic rings. The Bertz CT molecular complexity index is 519. The Hall–Kier alpha value is -2.18. The van der Waals surface area contributed by atoms with Crippen LogP contribution in [0.5, 0.6) is 0 Å². The normalized spacial score (nSPS) is 10.6. The lowest BCUT2D eigenvalue weighted by Gasteiger charge is -1.96. The Morgan fingerprint density at radius 2 is 2.29 bits per heavy atom. The number of H-pyrrole nitrogens is 1. The van der Waals surface area contributed by atoms with E-state index >= 15 is 0 Å². The fourth-order valence-corrected chi connectivity index (χ4v) is 1.27. The highest BCUT2D eigenvalue weighted by Crippen LogP contribution is 2.21. The standard InChI is InChI=1S/C7H6N4O3/c1-4-2-5-7(10(12)9-8-5)3-6(4)11(13)14/h2-3,9H,1H3. The lowest BCUT2D eigenvalue weighted by Crippen LogP contribution is -2.27. The molecule has 0 unspecified atom stereocenters. The van der Waals surface area contributed by atoms with Crippen molar-refractivity contribution >= 4 is 16.7 Å². The van der Waals surface area contributed by atoms with E-state index in [9.17, 15) is 15.3 Å². The third-order valence-electron chi connectivity index (χ3n) is 1.97. The molecule has 0 bridgehead atoms. The summed E-state index contributed by atoms with van der Waals surface area (Å²) in [7, 11) is 0. The van der Waals surface area contributed by atoms with Gasteiger partial charge in [-0.3, -0.25) is 10.1 Å². The van der Waals surface area contributed by atoms with Crippen LogP contribution in [0, 0.1) is 22.2 Å². The van der Waals surface area contributed by atoms with Crippen LogP contribution in [0.4, 0.5) is 5.69 Å². The van der Waals surface area contributed by atoms with Gasteiger partial charge in [0.2, 0.25) is 11.0 Å². The van der Waals surface area contributed by atoms with E-state index in [1.165, 1.54) is 12.1 Å². The van der Waals surface area contributed by atoms with Gasteiger partial charge in [-0.2, -0.15) is 4.85 Å². The summed E-state index contributed by atoms with van der Waals surface area (Å²) >= 11 is 0. The number of nitrogens with zero attached hydrogens (tertiary/aromatic N) is 3. The Balaban J connectivity index is 2.80. The molecule has 72 valence electrons. The molecule has 0 saturated heterocycles. The minimum Gasteiger partial charge on any atom is -0.692 e. The number of fused-ring (bicyclic) bond motifs is 1. The van der Waals surface area contributed by atoms with Gasteiger partial charge in [0.15, 0.2) is 0 Å². The topological polar surface area (TPSA) is 98.8 Å². The largest absolute Gasteiger partial charge is 0.692 e. The minimum atomic E-state index is -0.526. The van der Waals surface area contributed by atoms with Gasteiger partial charge in [0.1, 0.15) is 0 Å². The van der Waals surface area contributed by atoms with Crippen molar-refractivity contribution in [3.8, 4) is 0 Å². The quantitative estimate of drug-likeness (QED) is 0.307. The molecule has 0 saturated carbocycles. The Labute approximate surface area is 77.7 Å². The molecule has 0 radical (unpaired) electrons. The van der Waals surface area contributed by atoms with Gasteiger partial charge < -0.3 is 5.21 Å². The predicted molar refractivity (Wildman–Crippen MR) is 46.4 cm³/mol. The molecule has 0 amide bonds. The number of aryl methyl sites for hydroxylation is 1. The van der Waals surface area contributed by atoms with Gasteiger partial charge in [0, 0.05) is 16.7 Å². The molecular formula is C7H6N4O3. The van der Waals surface area contributed by atoms with Gasteiger partial charge in [0.25, 0.3) is 5.69 Å². The average molecular weight is 194 g/mol. The molecule has 7 nitrogen and oxygen atoms in total. The monoisotopic (exact) mass is 194 g/mol. The molecule has 2 aromatic rings. The van der Waals surface area contributed by atoms with Crippen molar-refractivity contribution in [2.45, 2.75) is 6.92 Å². The molecule has 1 N–H and O–H groups in total. The second-order valence-electron chi connectivity index (χ2n) is 2.89. The van der Waals surface area contributed by atoms with Gasteiger partial charge in [-0.05, 0) is 6.92 Å². The molecule has 0 aliphatic heterocycles. The summed E-state index contributed by atoms with van der Waals surface area (Å²) in [6.45, 7) is 1.60. The van der Waals surface area contributed by atoms with Crippen LogP contribution in [0.25, 0.3) is 11.0 Å². The molecule has 0 atom stereocenters. The maximum atomic E-state index is 11.0. The maximum Gasteiger partial charge on any atom is 0.276 e. The third-order valence-corrected chi connectivity index (χ3v) is 1.97. The number of aromatic amines is 1. The molecule has 14 heavy (non-hydrogen) atoms. The number of nitrogens with one attached hydrogen (secondary N) is 1. The fourth-order valence-electron chi connectivity index (χ4n) is 1.27. The zero-order chi connectivity index (χ0) is 10.3. The highest BCUT2D eigenvalue weighted by molar-refractivity contribution is 5.75. The van der Waals surface area contributed by atoms with E-state index in [2.05, 4.69) is 10.3 Å². The number of nitro groups is 1. The molecule has 0 fully saturated rings. The first-order valence-electron chi connectivity index (χ1n) is 3.82. The summed E-state index contributed by atoms with van der Waals surface area (Å²) < 4.78 is 0. The smallest absolute Gasteiger partial charge is 0.276 e. The SMILES string of the molecule is Cc1cc2n[nH][n+]([O-])c2cc1[N+](=O)[O-]. The third kappa shape index (κ3) is 1.06. The van der Waals surface area contributed by atoms with E-state index in [4.69, 9.17) is 0 Å². The van der Waals surface area contributed by atoms with Crippen molar-refractivity contribution in [3.63, 3.8) is 0 Å². The summed E-state index contributed by atoms with van der Waals surface area (Å²) in [5.74, 6) is 0. The Morgan fingerprint density at radius 1 is 1.57 bits per heavy atom. The number of hydrogen-bond donors (Lipinski definition) is 1. The summed E-state index contributed by atoms with van der Waals surface area (Å²) in [5.41, 5.74) is 0.989. The van der Waals surface area contributed by atoms with Crippen LogP contribution >= 0.6 is 0 Å². The molecule has 7 heteroatoms. The molecule has 0 spiro atoms. The lowest BCUT2D eigenvalue weighted by atomic mass is 10.2. The van der Waals surface area contributed by atoms with Crippen molar-refractivity contribution in [1.82, 2.24) is 10.3 Å². The Morgan fingerprint density at radius 3 is 2.93 bits per heavy atom. The number of hydrogen-bond acceptors (Lipinski definition) is 4. The molecule has 0 aliphatic carbocycles. The van der Waals surface area contributed by atoms with Crippen LogP contribution < -0.4 is 4.85 Å². The highest BCUT2D eigenvalue weighted by Gasteiger charge is 2.17. The maximum absolute atomic E-state index is 11.0. The van der Waals surface area contributed by atoms with Crippen LogP contribution in [0.2, 0.25) is 0 Å². The van der Waals surface area contributed by atoms with Crippen molar-refractivity contribution in [2.75, 3.05) is 0 Å². The molecular weight excluding hydrogens is 188 g/mol. The van der Waals surface area contributed by atoms with Crippen molar-refractivity contribution in [1.29, 1.82) is 0 Å². The predicted octanol–water partition coefficient (Wildman–Crippen LogP) is 0.413. The van der Waals surface area contributed by atoms with E-state index in [1.807, 2.05) is 0 Å². The van der Waals surface area contributed by atoms with Gasteiger partial charge in [-0.25, -0.2) is 0 Å². The first kappa shape index (κ1) is 8.42.